The summed E-state index contributed by atoms with van der Waals surface area (Å²) < 4.78 is 0. The molecule has 196 valence electrons. The Morgan fingerprint density at radius 1 is 0.971 bits per heavy atom. The second-order valence-electron chi connectivity index (χ2n) is 14.7. The molecular weight excluding hydrogens is 424 g/mol. The van der Waals surface area contributed by atoms with Crippen molar-refractivity contribution >= 4 is 0 Å². The van der Waals surface area contributed by atoms with E-state index in [0.717, 1.165) is 63.4 Å². The van der Waals surface area contributed by atoms with Crippen molar-refractivity contribution < 1.29 is 20.4 Å². The molecule has 4 aliphatic carbocycles. The molecule has 0 radical (unpaired) electrons. The van der Waals surface area contributed by atoms with Gasteiger partial charge in [0.05, 0.1) is 23.9 Å². The third-order valence-electron chi connectivity index (χ3n) is 12.3. The molecule has 4 nitrogen and oxygen atoms in total. The molecule has 0 unspecified atom stereocenters. The highest BCUT2D eigenvalue weighted by molar-refractivity contribution is 5.21. The second kappa shape index (κ2) is 8.30. The van der Waals surface area contributed by atoms with Crippen molar-refractivity contribution in [2.24, 2.45) is 45.3 Å². The van der Waals surface area contributed by atoms with E-state index in [4.69, 9.17) is 0 Å². The minimum atomic E-state index is -0.807. The van der Waals surface area contributed by atoms with Gasteiger partial charge in [0.1, 0.15) is 0 Å². The molecule has 0 aromatic rings. The lowest BCUT2D eigenvalue weighted by Crippen LogP contribution is -2.69. The summed E-state index contributed by atoms with van der Waals surface area (Å²) in [6.45, 7) is 19.4. The van der Waals surface area contributed by atoms with Crippen LogP contribution in [0.15, 0.2) is 12.2 Å². The first-order chi connectivity index (χ1) is 15.5. The Kier molecular flexibility index (Phi) is 6.50. The third kappa shape index (κ3) is 3.60. The molecule has 0 aromatic heterocycles. The van der Waals surface area contributed by atoms with Crippen LogP contribution in [0.25, 0.3) is 0 Å². The molecule has 4 fully saturated rings. The van der Waals surface area contributed by atoms with E-state index in [1.54, 1.807) is 0 Å². The molecule has 0 amide bonds. The van der Waals surface area contributed by atoms with Crippen LogP contribution < -0.4 is 0 Å². The molecule has 11 atom stereocenters. The van der Waals surface area contributed by atoms with E-state index in [9.17, 15) is 20.4 Å². The number of fused-ring (bicyclic) bond motifs is 5. The van der Waals surface area contributed by atoms with Gasteiger partial charge in [0.25, 0.3) is 0 Å². The van der Waals surface area contributed by atoms with Crippen LogP contribution >= 0.6 is 0 Å². The normalized spacial score (nSPS) is 51.7. The maximum atomic E-state index is 11.8. The lowest BCUT2D eigenvalue weighted by molar-refractivity contribution is -0.274. The van der Waals surface area contributed by atoms with Crippen molar-refractivity contribution in [3.05, 3.63) is 12.2 Å². The van der Waals surface area contributed by atoms with Crippen molar-refractivity contribution in [2.75, 3.05) is 0 Å². The molecule has 4 N–H and O–H groups in total. The molecule has 4 aliphatic rings. The molecule has 0 heterocycles. The number of aliphatic hydroxyl groups is 4. The fourth-order valence-corrected chi connectivity index (χ4v) is 10.6. The van der Waals surface area contributed by atoms with Crippen LogP contribution in [0.5, 0.6) is 0 Å². The van der Waals surface area contributed by atoms with E-state index in [1.165, 1.54) is 0 Å². The van der Waals surface area contributed by atoms with Crippen LogP contribution in [0.4, 0.5) is 0 Å². The number of allylic oxidation sites excluding steroid dienone is 1. The van der Waals surface area contributed by atoms with Gasteiger partial charge in [0, 0.05) is 0 Å². The molecule has 4 heteroatoms. The van der Waals surface area contributed by atoms with Gasteiger partial charge in [-0.1, -0.05) is 40.2 Å². The molecule has 0 aromatic carbocycles. The van der Waals surface area contributed by atoms with Gasteiger partial charge in [0.15, 0.2) is 0 Å². The largest absolute Gasteiger partial charge is 0.393 e. The summed E-state index contributed by atoms with van der Waals surface area (Å²) in [5.74, 6) is 0.436. The Labute approximate surface area is 208 Å². The monoisotopic (exact) mass is 476 g/mol. The predicted octanol–water partition coefficient (Wildman–Crippen LogP) is 5.47. The minimum Gasteiger partial charge on any atom is -0.393 e. The van der Waals surface area contributed by atoms with E-state index in [2.05, 4.69) is 41.2 Å². The maximum absolute atomic E-state index is 11.8. The summed E-state index contributed by atoms with van der Waals surface area (Å²) in [6.07, 6.45) is 6.33. The summed E-state index contributed by atoms with van der Waals surface area (Å²) in [7, 11) is 0. The van der Waals surface area contributed by atoms with Crippen LogP contribution in [0, 0.1) is 45.3 Å². The summed E-state index contributed by atoms with van der Waals surface area (Å²) in [5.41, 5.74) is -0.359. The molecule has 0 aliphatic heterocycles. The van der Waals surface area contributed by atoms with Crippen LogP contribution in [-0.2, 0) is 0 Å². The number of aliphatic hydroxyl groups excluding tert-OH is 3. The average molecular weight is 477 g/mol. The molecule has 4 rings (SSSR count). The van der Waals surface area contributed by atoms with Gasteiger partial charge in [-0.25, -0.2) is 0 Å². The second-order valence-corrected chi connectivity index (χ2v) is 14.7. The molecule has 0 saturated heterocycles. The lowest BCUT2D eigenvalue weighted by atomic mass is 9.34. The van der Waals surface area contributed by atoms with E-state index in [1.807, 2.05) is 13.8 Å². The molecule has 0 bridgehead atoms. The fourth-order valence-electron chi connectivity index (χ4n) is 10.6. The third-order valence-corrected chi connectivity index (χ3v) is 12.3. The first-order valence-corrected chi connectivity index (χ1v) is 13.9. The van der Waals surface area contributed by atoms with Gasteiger partial charge in [0.2, 0.25) is 0 Å². The topological polar surface area (TPSA) is 80.9 Å². The highest BCUT2D eigenvalue weighted by Gasteiger charge is 2.72. The number of hydrogen-bond acceptors (Lipinski definition) is 4. The predicted molar refractivity (Wildman–Crippen MR) is 137 cm³/mol. The number of rotatable bonds is 5. The van der Waals surface area contributed by atoms with Crippen molar-refractivity contribution in [1.82, 2.24) is 0 Å². The Morgan fingerprint density at radius 3 is 2.24 bits per heavy atom. The SMILES string of the molecule is C=C(C)CCC[C@](C)(O)[C@H]1CC[C@]2(C)[C@@H]1[C@H](O)C[C@@H]1[C@@]3(C)CC[C@H](O)C(C)(C)[C@@H]3[C@@H](O)C[C@]12C. The van der Waals surface area contributed by atoms with Crippen molar-refractivity contribution in [1.29, 1.82) is 0 Å². The Bertz CT molecular complexity index is 804. The Balaban J connectivity index is 1.69. The van der Waals surface area contributed by atoms with Gasteiger partial charge in [-0.15, -0.1) is 6.58 Å². The molecular formula is C30H52O4. The zero-order valence-corrected chi connectivity index (χ0v) is 22.9. The Hall–Kier alpha value is -0.420. The minimum absolute atomic E-state index is 0.0247. The highest BCUT2D eigenvalue weighted by Crippen LogP contribution is 2.75. The van der Waals surface area contributed by atoms with Crippen LogP contribution in [0.1, 0.15) is 106 Å². The standard InChI is InChI=1S/C30H52O4/c1-18(2)10-9-13-30(8,34)19-11-15-28(6)24(19)20(31)16-22-27(5)14-12-23(33)26(3,4)25(27)21(32)17-29(22,28)7/h19-25,31-34H,1,9-17H2,2-8H3/t19-,20+,21-,22+,23-,24-,25-,27+,28+,29+,30-/m0/s1. The van der Waals surface area contributed by atoms with E-state index in [-0.39, 0.29) is 39.4 Å². The van der Waals surface area contributed by atoms with Gasteiger partial charge >= 0.3 is 0 Å². The summed E-state index contributed by atoms with van der Waals surface area (Å²) in [5, 5.41) is 46.0. The van der Waals surface area contributed by atoms with Crippen LogP contribution in [-0.4, -0.2) is 44.3 Å². The average Bonchev–Trinajstić information content (AvgIpc) is 3.07. The quantitative estimate of drug-likeness (QED) is 0.397. The van der Waals surface area contributed by atoms with Crippen LogP contribution in [0.2, 0.25) is 0 Å². The first-order valence-electron chi connectivity index (χ1n) is 13.9. The first kappa shape index (κ1) is 26.6. The van der Waals surface area contributed by atoms with E-state index < -0.39 is 23.9 Å². The van der Waals surface area contributed by atoms with Crippen LogP contribution in [0.3, 0.4) is 0 Å². The lowest BCUT2D eigenvalue weighted by Gasteiger charge is -2.71. The molecule has 0 spiro atoms. The van der Waals surface area contributed by atoms with Crippen molar-refractivity contribution in [2.45, 2.75) is 130 Å². The fraction of sp³-hybridized carbons (Fsp3) is 0.933. The summed E-state index contributed by atoms with van der Waals surface area (Å²) in [4.78, 5) is 0. The van der Waals surface area contributed by atoms with Crippen molar-refractivity contribution in [3.63, 3.8) is 0 Å². The zero-order valence-electron chi connectivity index (χ0n) is 22.9. The highest BCUT2D eigenvalue weighted by atomic mass is 16.3. The van der Waals surface area contributed by atoms with E-state index in [0.29, 0.717) is 5.92 Å². The van der Waals surface area contributed by atoms with E-state index >= 15 is 0 Å². The van der Waals surface area contributed by atoms with Gasteiger partial charge in [-0.2, -0.15) is 0 Å². The molecule has 4 saturated carbocycles. The summed E-state index contributed by atoms with van der Waals surface area (Å²) in [6, 6.07) is 0. The maximum Gasteiger partial charge on any atom is 0.0651 e. The smallest absolute Gasteiger partial charge is 0.0651 e. The van der Waals surface area contributed by atoms with Crippen molar-refractivity contribution in [3.8, 4) is 0 Å². The Morgan fingerprint density at radius 2 is 1.62 bits per heavy atom. The van der Waals surface area contributed by atoms with Gasteiger partial charge in [-0.05, 0) is 117 Å². The van der Waals surface area contributed by atoms with Gasteiger partial charge < -0.3 is 20.4 Å². The zero-order chi connectivity index (χ0) is 25.5. The van der Waals surface area contributed by atoms with Gasteiger partial charge in [-0.3, -0.25) is 0 Å². The number of hydrogen-bond donors (Lipinski definition) is 4. The molecule has 34 heavy (non-hydrogen) atoms. The summed E-state index contributed by atoms with van der Waals surface area (Å²) >= 11 is 0.